The van der Waals surface area contributed by atoms with Crippen molar-refractivity contribution in [2.75, 3.05) is 6.54 Å². The van der Waals surface area contributed by atoms with Crippen molar-refractivity contribution in [2.45, 2.75) is 20.0 Å². The molecule has 0 aliphatic heterocycles. The van der Waals surface area contributed by atoms with E-state index < -0.39 is 0 Å². The molecule has 1 heterocycles. The monoisotopic (exact) mass is 273 g/mol. The van der Waals surface area contributed by atoms with Gasteiger partial charge < -0.3 is 11.1 Å². The zero-order valence-corrected chi connectivity index (χ0v) is 11.5. The predicted molar refractivity (Wildman–Crippen MR) is 75.6 cm³/mol. The van der Waals surface area contributed by atoms with Crippen molar-refractivity contribution >= 4 is 5.91 Å². The Hall–Kier alpha value is -2.21. The summed E-state index contributed by atoms with van der Waals surface area (Å²) in [6.45, 7) is 3.39. The van der Waals surface area contributed by atoms with Gasteiger partial charge in [0.2, 0.25) is 5.91 Å². The lowest BCUT2D eigenvalue weighted by molar-refractivity contribution is -0.124. The van der Waals surface area contributed by atoms with Crippen molar-refractivity contribution in [3.63, 3.8) is 0 Å². The normalized spacial score (nSPS) is 12.1. The largest absolute Gasteiger partial charge is 0.352 e. The molecule has 0 fully saturated rings. The van der Waals surface area contributed by atoms with Crippen LogP contribution in [0.25, 0.3) is 0 Å². The van der Waals surface area contributed by atoms with Crippen LogP contribution in [0.5, 0.6) is 0 Å². The lowest BCUT2D eigenvalue weighted by Crippen LogP contribution is -2.32. The smallest absolute Gasteiger partial charge is 0.224 e. The SMILES string of the molecule is CC(CN)C(=O)NCc1ccc(Cn2cncn2)cc1. The van der Waals surface area contributed by atoms with E-state index in [0.717, 1.165) is 11.1 Å². The second-order valence-corrected chi connectivity index (χ2v) is 4.76. The second kappa shape index (κ2) is 6.81. The number of hydrogen-bond acceptors (Lipinski definition) is 4. The Balaban J connectivity index is 1.87. The van der Waals surface area contributed by atoms with E-state index in [4.69, 9.17) is 5.73 Å². The molecular formula is C14H19N5O. The van der Waals surface area contributed by atoms with E-state index in [0.29, 0.717) is 19.6 Å². The third-order valence-corrected chi connectivity index (χ3v) is 3.10. The van der Waals surface area contributed by atoms with Crippen LogP contribution in [-0.4, -0.2) is 27.2 Å². The highest BCUT2D eigenvalue weighted by molar-refractivity contribution is 5.78. The number of carbonyl (C=O) groups is 1. The van der Waals surface area contributed by atoms with Crippen LogP contribution in [0.2, 0.25) is 0 Å². The van der Waals surface area contributed by atoms with Crippen LogP contribution >= 0.6 is 0 Å². The molecule has 1 unspecified atom stereocenters. The molecule has 1 atom stereocenters. The highest BCUT2D eigenvalue weighted by Gasteiger charge is 2.09. The van der Waals surface area contributed by atoms with Crippen molar-refractivity contribution in [2.24, 2.45) is 11.7 Å². The first-order valence-electron chi connectivity index (χ1n) is 6.57. The van der Waals surface area contributed by atoms with Crippen LogP contribution in [0.4, 0.5) is 0 Å². The highest BCUT2D eigenvalue weighted by atomic mass is 16.1. The molecule has 1 amide bonds. The van der Waals surface area contributed by atoms with Gasteiger partial charge in [0, 0.05) is 19.0 Å². The number of carbonyl (C=O) groups excluding carboxylic acids is 1. The minimum atomic E-state index is -0.151. The molecule has 106 valence electrons. The number of nitrogens with zero attached hydrogens (tertiary/aromatic N) is 3. The zero-order valence-electron chi connectivity index (χ0n) is 11.5. The van der Waals surface area contributed by atoms with Gasteiger partial charge in [-0.15, -0.1) is 0 Å². The molecule has 1 aromatic carbocycles. The van der Waals surface area contributed by atoms with Crippen molar-refractivity contribution in [1.29, 1.82) is 0 Å². The molecule has 0 radical (unpaired) electrons. The molecule has 0 spiro atoms. The van der Waals surface area contributed by atoms with Crippen LogP contribution in [-0.2, 0) is 17.9 Å². The summed E-state index contributed by atoms with van der Waals surface area (Å²) in [6.07, 6.45) is 3.20. The third kappa shape index (κ3) is 3.89. The Morgan fingerprint density at radius 2 is 2.05 bits per heavy atom. The second-order valence-electron chi connectivity index (χ2n) is 4.76. The molecule has 0 bridgehead atoms. The zero-order chi connectivity index (χ0) is 14.4. The van der Waals surface area contributed by atoms with Crippen LogP contribution in [0.1, 0.15) is 18.1 Å². The first-order valence-corrected chi connectivity index (χ1v) is 6.57. The van der Waals surface area contributed by atoms with Crippen molar-refractivity contribution in [3.05, 3.63) is 48.0 Å². The molecule has 2 rings (SSSR count). The lowest BCUT2D eigenvalue weighted by Gasteiger charge is -2.10. The minimum absolute atomic E-state index is 0.0146. The van der Waals surface area contributed by atoms with Gasteiger partial charge in [0.25, 0.3) is 0 Å². The molecular weight excluding hydrogens is 254 g/mol. The first kappa shape index (κ1) is 14.2. The minimum Gasteiger partial charge on any atom is -0.352 e. The van der Waals surface area contributed by atoms with E-state index in [1.54, 1.807) is 11.0 Å². The molecule has 3 N–H and O–H groups in total. The Bertz CT molecular complexity index is 535. The number of hydrogen-bond donors (Lipinski definition) is 2. The van der Waals surface area contributed by atoms with Crippen molar-refractivity contribution < 1.29 is 4.79 Å². The maximum absolute atomic E-state index is 11.6. The fraction of sp³-hybridized carbons (Fsp3) is 0.357. The Labute approximate surface area is 118 Å². The summed E-state index contributed by atoms with van der Waals surface area (Å²) in [5.74, 6) is -0.166. The van der Waals surface area contributed by atoms with Crippen LogP contribution in [0, 0.1) is 5.92 Å². The number of nitrogens with one attached hydrogen (secondary N) is 1. The van der Waals surface area contributed by atoms with Gasteiger partial charge >= 0.3 is 0 Å². The molecule has 6 nitrogen and oxygen atoms in total. The first-order chi connectivity index (χ1) is 9.69. The summed E-state index contributed by atoms with van der Waals surface area (Å²) in [6, 6.07) is 8.05. The summed E-state index contributed by atoms with van der Waals surface area (Å²) in [7, 11) is 0. The van der Waals surface area contributed by atoms with Crippen molar-refractivity contribution in [1.82, 2.24) is 20.1 Å². The average Bonchev–Trinajstić information content (AvgIpc) is 2.98. The van der Waals surface area contributed by atoms with Crippen molar-refractivity contribution in [3.8, 4) is 0 Å². The van der Waals surface area contributed by atoms with Gasteiger partial charge in [-0.2, -0.15) is 5.10 Å². The van der Waals surface area contributed by atoms with E-state index in [1.807, 2.05) is 31.2 Å². The fourth-order valence-corrected chi connectivity index (χ4v) is 1.73. The van der Waals surface area contributed by atoms with E-state index in [-0.39, 0.29) is 11.8 Å². The predicted octanol–water partition coefficient (Wildman–Crippen LogP) is 0.537. The molecule has 0 aliphatic carbocycles. The molecule has 0 aliphatic rings. The van der Waals surface area contributed by atoms with Gasteiger partial charge in [0.15, 0.2) is 0 Å². The molecule has 0 saturated heterocycles. The van der Waals surface area contributed by atoms with Gasteiger partial charge in [-0.25, -0.2) is 9.67 Å². The van der Waals surface area contributed by atoms with E-state index in [1.165, 1.54) is 6.33 Å². The lowest BCUT2D eigenvalue weighted by atomic mass is 10.1. The summed E-state index contributed by atoms with van der Waals surface area (Å²) in [4.78, 5) is 15.5. The molecule has 1 aromatic heterocycles. The van der Waals surface area contributed by atoms with Crippen LogP contribution < -0.4 is 11.1 Å². The highest BCUT2D eigenvalue weighted by Crippen LogP contribution is 2.06. The standard InChI is InChI=1S/C14H19N5O/c1-11(6-15)14(20)17-7-12-2-4-13(5-3-12)8-19-10-16-9-18-19/h2-5,9-11H,6-8,15H2,1H3,(H,17,20). The Morgan fingerprint density at radius 1 is 1.35 bits per heavy atom. The van der Waals surface area contributed by atoms with E-state index in [2.05, 4.69) is 15.4 Å². The van der Waals surface area contributed by atoms with Crippen LogP contribution in [0.3, 0.4) is 0 Å². The number of benzene rings is 1. The number of amides is 1. The fourth-order valence-electron chi connectivity index (χ4n) is 1.73. The number of aromatic nitrogens is 3. The van der Waals surface area contributed by atoms with Gasteiger partial charge in [0.1, 0.15) is 12.7 Å². The Kier molecular flexibility index (Phi) is 4.84. The molecule has 20 heavy (non-hydrogen) atoms. The summed E-state index contributed by atoms with van der Waals surface area (Å²) >= 11 is 0. The van der Waals surface area contributed by atoms with Gasteiger partial charge in [0.05, 0.1) is 6.54 Å². The van der Waals surface area contributed by atoms with E-state index in [9.17, 15) is 4.79 Å². The topological polar surface area (TPSA) is 85.8 Å². The average molecular weight is 273 g/mol. The Morgan fingerprint density at radius 3 is 2.65 bits per heavy atom. The third-order valence-electron chi connectivity index (χ3n) is 3.10. The number of rotatable bonds is 6. The van der Waals surface area contributed by atoms with Gasteiger partial charge in [-0.05, 0) is 11.1 Å². The van der Waals surface area contributed by atoms with Gasteiger partial charge in [-0.1, -0.05) is 31.2 Å². The number of nitrogens with two attached hydrogens (primary N) is 1. The quantitative estimate of drug-likeness (QED) is 0.804. The van der Waals surface area contributed by atoms with Crippen LogP contribution in [0.15, 0.2) is 36.9 Å². The van der Waals surface area contributed by atoms with Gasteiger partial charge in [-0.3, -0.25) is 4.79 Å². The molecule has 6 heteroatoms. The molecule has 0 saturated carbocycles. The maximum Gasteiger partial charge on any atom is 0.224 e. The van der Waals surface area contributed by atoms with E-state index >= 15 is 0 Å². The summed E-state index contributed by atoms with van der Waals surface area (Å²) < 4.78 is 1.76. The maximum atomic E-state index is 11.6. The molecule has 2 aromatic rings. The summed E-state index contributed by atoms with van der Waals surface area (Å²) in [5.41, 5.74) is 7.65. The summed E-state index contributed by atoms with van der Waals surface area (Å²) in [5, 5.41) is 6.93.